The molecular formula is C28H15BrN4O5S. The third kappa shape index (κ3) is 4.69. The first-order chi connectivity index (χ1) is 18.9. The Balaban J connectivity index is 1.48. The van der Waals surface area contributed by atoms with Gasteiger partial charge in [-0.25, -0.2) is 9.78 Å². The molecular weight excluding hydrogens is 584 g/mol. The summed E-state index contributed by atoms with van der Waals surface area (Å²) in [5.41, 5.74) is 0.443. The zero-order chi connectivity index (χ0) is 27.1. The molecule has 0 saturated heterocycles. The summed E-state index contributed by atoms with van der Waals surface area (Å²) in [7, 11) is 0. The molecule has 0 N–H and O–H groups in total. The van der Waals surface area contributed by atoms with E-state index in [2.05, 4.69) is 26.0 Å². The van der Waals surface area contributed by atoms with Gasteiger partial charge in [-0.05, 0) is 58.8 Å². The number of aromatic nitrogens is 1. The summed E-state index contributed by atoms with van der Waals surface area (Å²) in [6, 6.07) is 23.9. The van der Waals surface area contributed by atoms with Crippen molar-refractivity contribution in [3.05, 3.63) is 121 Å². The van der Waals surface area contributed by atoms with E-state index in [1.54, 1.807) is 12.1 Å². The number of nitro benzene ring substituents is 1. The van der Waals surface area contributed by atoms with Gasteiger partial charge in [-0.2, -0.15) is 10.1 Å². The predicted molar refractivity (Wildman–Crippen MR) is 155 cm³/mol. The molecule has 4 aromatic carbocycles. The Labute approximate surface area is 231 Å². The zero-order valence-electron chi connectivity index (χ0n) is 19.8. The summed E-state index contributed by atoms with van der Waals surface area (Å²) in [4.78, 5) is 41.9. The summed E-state index contributed by atoms with van der Waals surface area (Å²) in [5, 5.41) is 19.0. The summed E-state index contributed by atoms with van der Waals surface area (Å²) >= 11 is 4.67. The summed E-state index contributed by atoms with van der Waals surface area (Å²) in [6.07, 6.45) is 1.38. The number of hydrogen-bond acceptors (Lipinski definition) is 8. The van der Waals surface area contributed by atoms with Gasteiger partial charge in [-0.3, -0.25) is 14.9 Å². The van der Waals surface area contributed by atoms with Gasteiger partial charge >= 0.3 is 5.63 Å². The van der Waals surface area contributed by atoms with E-state index in [0.717, 1.165) is 25.0 Å². The van der Waals surface area contributed by atoms with Gasteiger partial charge in [0.25, 0.3) is 11.6 Å². The molecule has 9 nitrogen and oxygen atoms in total. The molecule has 0 saturated carbocycles. The molecule has 0 radical (unpaired) electrons. The highest BCUT2D eigenvalue weighted by molar-refractivity contribution is 9.10. The molecule has 0 aliphatic heterocycles. The highest BCUT2D eigenvalue weighted by atomic mass is 79.9. The monoisotopic (exact) mass is 598 g/mol. The zero-order valence-corrected chi connectivity index (χ0v) is 22.2. The van der Waals surface area contributed by atoms with Crippen LogP contribution in [0.5, 0.6) is 0 Å². The van der Waals surface area contributed by atoms with E-state index in [9.17, 15) is 19.7 Å². The van der Waals surface area contributed by atoms with Crippen LogP contribution in [-0.4, -0.2) is 22.0 Å². The molecule has 0 aliphatic rings. The van der Waals surface area contributed by atoms with E-state index in [4.69, 9.17) is 4.42 Å². The van der Waals surface area contributed by atoms with Gasteiger partial charge in [-0.1, -0.05) is 57.6 Å². The number of nitrogens with zero attached hydrogens (tertiary/aromatic N) is 4. The number of benzene rings is 4. The lowest BCUT2D eigenvalue weighted by atomic mass is 10.0. The van der Waals surface area contributed by atoms with E-state index < -0.39 is 16.5 Å². The van der Waals surface area contributed by atoms with Crippen LogP contribution in [0.15, 0.2) is 104 Å². The number of anilines is 1. The van der Waals surface area contributed by atoms with Gasteiger partial charge in [0.15, 0.2) is 0 Å². The number of amides is 1. The van der Waals surface area contributed by atoms with Crippen LogP contribution in [0.1, 0.15) is 15.9 Å². The molecule has 39 heavy (non-hydrogen) atoms. The van der Waals surface area contributed by atoms with Gasteiger partial charge in [0, 0.05) is 22.0 Å². The number of carbonyl (C=O) groups excluding carboxylic acids is 1. The maximum Gasteiger partial charge on any atom is 0.349 e. The topological polar surface area (TPSA) is 119 Å². The lowest BCUT2D eigenvalue weighted by Gasteiger charge is -2.13. The number of halogens is 1. The maximum absolute atomic E-state index is 13.9. The van der Waals surface area contributed by atoms with Gasteiger partial charge in [0.05, 0.1) is 21.4 Å². The number of carbonyl (C=O) groups is 1. The summed E-state index contributed by atoms with van der Waals surface area (Å²) in [6.45, 7) is 0. The van der Waals surface area contributed by atoms with Crippen molar-refractivity contribution in [2.45, 2.75) is 0 Å². The Bertz CT molecular complexity index is 2020. The lowest BCUT2D eigenvalue weighted by molar-refractivity contribution is -0.384. The Morgan fingerprint density at radius 2 is 1.82 bits per heavy atom. The van der Waals surface area contributed by atoms with Crippen molar-refractivity contribution in [2.24, 2.45) is 5.10 Å². The van der Waals surface area contributed by atoms with Crippen LogP contribution in [0.3, 0.4) is 0 Å². The molecule has 1 amide bonds. The minimum atomic E-state index is -0.804. The third-order valence-corrected chi connectivity index (χ3v) is 7.50. The predicted octanol–water partition coefficient (Wildman–Crippen LogP) is 6.91. The average Bonchev–Trinajstić information content (AvgIpc) is 3.35. The second-order valence-electron chi connectivity index (χ2n) is 8.46. The van der Waals surface area contributed by atoms with Crippen molar-refractivity contribution in [3.8, 4) is 0 Å². The van der Waals surface area contributed by atoms with Gasteiger partial charge in [0.2, 0.25) is 5.13 Å². The molecule has 2 heterocycles. The Kier molecular flexibility index (Phi) is 6.21. The van der Waals surface area contributed by atoms with E-state index >= 15 is 0 Å². The van der Waals surface area contributed by atoms with E-state index in [0.29, 0.717) is 22.0 Å². The highest BCUT2D eigenvalue weighted by Crippen LogP contribution is 2.32. The average molecular weight is 599 g/mol. The van der Waals surface area contributed by atoms with Gasteiger partial charge in [0.1, 0.15) is 11.1 Å². The lowest BCUT2D eigenvalue weighted by Crippen LogP contribution is -2.30. The Morgan fingerprint density at radius 3 is 2.62 bits per heavy atom. The molecule has 0 aliphatic carbocycles. The quantitative estimate of drug-likeness (QED) is 0.0699. The first kappa shape index (κ1) is 24.6. The molecule has 2 aromatic heterocycles. The number of hydrazone groups is 1. The second kappa shape index (κ2) is 9.86. The molecule has 0 bridgehead atoms. The van der Waals surface area contributed by atoms with Crippen LogP contribution in [0, 0.1) is 10.1 Å². The maximum atomic E-state index is 13.9. The number of thiazole rings is 1. The number of rotatable bonds is 5. The van der Waals surface area contributed by atoms with Crippen LogP contribution < -0.4 is 10.6 Å². The SMILES string of the molecule is O=C(c1cc2c(ccc3ccccc32)oc1=O)N(/N=C/c1ccc([N+](=O)[O-])cc1)c1nc2ccc(Br)cc2s1. The summed E-state index contributed by atoms with van der Waals surface area (Å²) in [5.74, 6) is -0.727. The van der Waals surface area contributed by atoms with Crippen molar-refractivity contribution < 1.29 is 14.1 Å². The van der Waals surface area contributed by atoms with E-state index in [1.165, 1.54) is 47.9 Å². The highest BCUT2D eigenvalue weighted by Gasteiger charge is 2.25. The number of nitro groups is 1. The largest absolute Gasteiger partial charge is 0.422 e. The molecule has 11 heteroatoms. The van der Waals surface area contributed by atoms with Gasteiger partial charge in [-0.15, -0.1) is 0 Å². The number of hydrogen-bond donors (Lipinski definition) is 0. The molecule has 190 valence electrons. The first-order valence-electron chi connectivity index (χ1n) is 11.5. The van der Waals surface area contributed by atoms with Crippen LogP contribution >= 0.6 is 27.3 Å². The first-order valence-corrected chi connectivity index (χ1v) is 13.1. The van der Waals surface area contributed by atoms with Crippen molar-refractivity contribution >= 4 is 82.2 Å². The Morgan fingerprint density at radius 1 is 1.03 bits per heavy atom. The van der Waals surface area contributed by atoms with Crippen molar-refractivity contribution in [2.75, 3.05) is 5.01 Å². The molecule has 0 atom stereocenters. The van der Waals surface area contributed by atoms with Gasteiger partial charge < -0.3 is 4.42 Å². The van der Waals surface area contributed by atoms with Crippen LogP contribution in [0.4, 0.5) is 10.8 Å². The smallest absolute Gasteiger partial charge is 0.349 e. The Hall–Kier alpha value is -4.74. The van der Waals surface area contributed by atoms with Crippen LogP contribution in [0.2, 0.25) is 0 Å². The second-order valence-corrected chi connectivity index (χ2v) is 10.4. The van der Waals surface area contributed by atoms with Crippen LogP contribution in [0.25, 0.3) is 32.0 Å². The van der Waals surface area contributed by atoms with Crippen LogP contribution in [-0.2, 0) is 0 Å². The van der Waals surface area contributed by atoms with Crippen molar-refractivity contribution in [1.82, 2.24) is 4.98 Å². The fourth-order valence-electron chi connectivity index (χ4n) is 4.11. The fourth-order valence-corrected chi connectivity index (χ4v) is 5.58. The molecule has 6 rings (SSSR count). The van der Waals surface area contributed by atoms with Crippen molar-refractivity contribution in [3.63, 3.8) is 0 Å². The standard InChI is InChI=1S/C28H15BrN4O5S/c29-18-8-11-23-25(13-18)39-28(31-23)32(30-15-16-5-9-19(10-6-16)33(36)37)26(34)22-14-21-20-4-2-1-3-17(20)7-12-24(21)38-27(22)35/h1-15H/b30-15+. The summed E-state index contributed by atoms with van der Waals surface area (Å²) < 4.78 is 7.19. The van der Waals surface area contributed by atoms with E-state index in [-0.39, 0.29) is 16.4 Å². The molecule has 0 spiro atoms. The number of non-ortho nitro benzene ring substituents is 1. The van der Waals surface area contributed by atoms with Crippen molar-refractivity contribution in [1.29, 1.82) is 0 Å². The number of fused-ring (bicyclic) bond motifs is 4. The molecule has 0 unspecified atom stereocenters. The minimum Gasteiger partial charge on any atom is -0.422 e. The minimum absolute atomic E-state index is 0.0715. The molecule has 6 aromatic rings. The van der Waals surface area contributed by atoms with E-state index in [1.807, 2.05) is 42.5 Å². The third-order valence-electron chi connectivity index (χ3n) is 6.01. The fraction of sp³-hybridized carbons (Fsp3) is 0. The normalized spacial score (nSPS) is 11.5. The molecule has 0 fully saturated rings.